The summed E-state index contributed by atoms with van der Waals surface area (Å²) in [5, 5.41) is 0. The zero-order chi connectivity index (χ0) is 12.3. The molecule has 0 radical (unpaired) electrons. The van der Waals surface area contributed by atoms with E-state index < -0.39 is 0 Å². The molecule has 0 unspecified atom stereocenters. The van der Waals surface area contributed by atoms with Gasteiger partial charge in [0.05, 0.1) is 0 Å². The van der Waals surface area contributed by atoms with Crippen LogP contribution in [0.1, 0.15) is 27.0 Å². The van der Waals surface area contributed by atoms with E-state index in [1.807, 2.05) is 55.5 Å². The lowest BCUT2D eigenvalue weighted by molar-refractivity contribution is 0.0999. The Labute approximate surface area is 101 Å². The smallest absolute Gasteiger partial charge is 0.248 e. The van der Waals surface area contributed by atoms with Gasteiger partial charge in [-0.2, -0.15) is 0 Å². The van der Waals surface area contributed by atoms with Gasteiger partial charge in [-0.05, 0) is 30.5 Å². The summed E-state index contributed by atoms with van der Waals surface area (Å²) in [6.07, 6.45) is 0.736. The predicted molar refractivity (Wildman–Crippen MR) is 68.9 cm³/mol. The first-order chi connectivity index (χ1) is 8.16. The fourth-order valence-corrected chi connectivity index (χ4v) is 1.89. The second-order valence-electron chi connectivity index (χ2n) is 4.19. The maximum Gasteiger partial charge on any atom is 0.248 e. The summed E-state index contributed by atoms with van der Waals surface area (Å²) in [5.41, 5.74) is 9.23. The molecule has 1 amide bonds. The molecule has 2 rings (SSSR count). The van der Waals surface area contributed by atoms with Gasteiger partial charge >= 0.3 is 0 Å². The monoisotopic (exact) mass is 225 g/mol. The van der Waals surface area contributed by atoms with Gasteiger partial charge in [-0.25, -0.2) is 0 Å². The minimum Gasteiger partial charge on any atom is -0.366 e. The van der Waals surface area contributed by atoms with Crippen molar-refractivity contribution in [1.82, 2.24) is 0 Å². The van der Waals surface area contributed by atoms with Crippen LogP contribution in [0.25, 0.3) is 0 Å². The maximum absolute atomic E-state index is 11.4. The van der Waals surface area contributed by atoms with Crippen LogP contribution in [0.2, 0.25) is 0 Å². The van der Waals surface area contributed by atoms with E-state index in [2.05, 4.69) is 0 Å². The summed E-state index contributed by atoms with van der Waals surface area (Å²) in [7, 11) is 0. The molecule has 0 aliphatic rings. The number of rotatable bonds is 3. The first-order valence-corrected chi connectivity index (χ1v) is 5.60. The molecule has 0 aliphatic heterocycles. The highest BCUT2D eigenvalue weighted by molar-refractivity contribution is 5.94. The second-order valence-corrected chi connectivity index (χ2v) is 4.19. The minimum absolute atomic E-state index is 0.361. The zero-order valence-corrected chi connectivity index (χ0v) is 9.81. The molecule has 0 fully saturated rings. The van der Waals surface area contributed by atoms with Crippen LogP contribution in [0, 0.1) is 6.92 Å². The number of carbonyl (C=O) groups is 1. The molecule has 0 heterocycles. The lowest BCUT2D eigenvalue weighted by Crippen LogP contribution is -2.14. The number of nitrogens with two attached hydrogens (primary N) is 1. The Morgan fingerprint density at radius 2 is 1.82 bits per heavy atom. The Morgan fingerprint density at radius 1 is 1.12 bits per heavy atom. The van der Waals surface area contributed by atoms with Crippen molar-refractivity contribution in [2.75, 3.05) is 0 Å². The van der Waals surface area contributed by atoms with Crippen molar-refractivity contribution in [1.29, 1.82) is 0 Å². The van der Waals surface area contributed by atoms with Crippen molar-refractivity contribution in [2.24, 2.45) is 5.73 Å². The summed E-state index contributed by atoms with van der Waals surface area (Å²) in [6, 6.07) is 15.9. The number of amides is 1. The minimum atomic E-state index is -0.361. The average molecular weight is 225 g/mol. The van der Waals surface area contributed by atoms with E-state index in [9.17, 15) is 4.79 Å². The number of aryl methyl sites for hydroxylation is 1. The molecule has 17 heavy (non-hydrogen) atoms. The van der Waals surface area contributed by atoms with Crippen molar-refractivity contribution < 1.29 is 4.79 Å². The van der Waals surface area contributed by atoms with Gasteiger partial charge in [-0.3, -0.25) is 4.79 Å². The van der Waals surface area contributed by atoms with E-state index in [0.717, 1.165) is 17.5 Å². The summed E-state index contributed by atoms with van der Waals surface area (Å²) >= 11 is 0. The summed E-state index contributed by atoms with van der Waals surface area (Å²) < 4.78 is 0. The van der Waals surface area contributed by atoms with Gasteiger partial charge in [0.15, 0.2) is 0 Å². The molecule has 2 aromatic rings. The fraction of sp³-hybridized carbons (Fsp3) is 0.133. The molecule has 0 atom stereocenters. The molecular formula is C15H15NO. The highest BCUT2D eigenvalue weighted by Crippen LogP contribution is 2.15. The van der Waals surface area contributed by atoms with Gasteiger partial charge in [-0.15, -0.1) is 0 Å². The summed E-state index contributed by atoms with van der Waals surface area (Å²) in [4.78, 5) is 11.4. The zero-order valence-electron chi connectivity index (χ0n) is 9.81. The third kappa shape index (κ3) is 2.72. The van der Waals surface area contributed by atoms with Crippen molar-refractivity contribution in [3.8, 4) is 0 Å². The maximum atomic E-state index is 11.4. The Bertz CT molecular complexity index is 532. The lowest BCUT2D eigenvalue weighted by Gasteiger charge is -2.08. The SMILES string of the molecule is Cc1ccc(Cc2ccccc2)c(C(N)=O)c1. The highest BCUT2D eigenvalue weighted by atomic mass is 16.1. The molecule has 0 spiro atoms. The quantitative estimate of drug-likeness (QED) is 0.857. The Morgan fingerprint density at radius 3 is 2.47 bits per heavy atom. The van der Waals surface area contributed by atoms with E-state index in [4.69, 9.17) is 5.73 Å². The van der Waals surface area contributed by atoms with E-state index in [1.54, 1.807) is 0 Å². The number of primary amides is 1. The number of hydrogen-bond donors (Lipinski definition) is 1. The van der Waals surface area contributed by atoms with Crippen LogP contribution in [-0.2, 0) is 6.42 Å². The average Bonchev–Trinajstić information content (AvgIpc) is 2.32. The number of hydrogen-bond acceptors (Lipinski definition) is 1. The molecule has 0 bridgehead atoms. The molecule has 2 aromatic carbocycles. The third-order valence-electron chi connectivity index (χ3n) is 2.77. The van der Waals surface area contributed by atoms with E-state index >= 15 is 0 Å². The van der Waals surface area contributed by atoms with Crippen LogP contribution >= 0.6 is 0 Å². The first kappa shape index (κ1) is 11.4. The van der Waals surface area contributed by atoms with Crippen LogP contribution in [0.4, 0.5) is 0 Å². The third-order valence-corrected chi connectivity index (χ3v) is 2.77. The van der Waals surface area contributed by atoms with Gasteiger partial charge in [-0.1, -0.05) is 48.0 Å². The van der Waals surface area contributed by atoms with Crippen molar-refractivity contribution in [3.63, 3.8) is 0 Å². The van der Waals surface area contributed by atoms with Crippen molar-refractivity contribution in [3.05, 3.63) is 70.8 Å². The van der Waals surface area contributed by atoms with E-state index in [-0.39, 0.29) is 5.91 Å². The fourth-order valence-electron chi connectivity index (χ4n) is 1.89. The van der Waals surface area contributed by atoms with Crippen LogP contribution < -0.4 is 5.73 Å². The molecule has 2 heteroatoms. The van der Waals surface area contributed by atoms with E-state index in [0.29, 0.717) is 5.56 Å². The summed E-state index contributed by atoms with van der Waals surface area (Å²) in [6.45, 7) is 1.96. The molecule has 0 saturated carbocycles. The standard InChI is InChI=1S/C15H15NO/c1-11-7-8-13(14(9-11)15(16)17)10-12-5-3-2-4-6-12/h2-9H,10H2,1H3,(H2,16,17). The molecule has 2 nitrogen and oxygen atoms in total. The van der Waals surface area contributed by atoms with E-state index in [1.165, 1.54) is 5.56 Å². The van der Waals surface area contributed by atoms with Gasteiger partial charge in [0.1, 0.15) is 0 Å². The largest absolute Gasteiger partial charge is 0.366 e. The summed E-state index contributed by atoms with van der Waals surface area (Å²) in [5.74, 6) is -0.361. The molecular weight excluding hydrogens is 210 g/mol. The van der Waals surface area contributed by atoms with Crippen LogP contribution in [0.3, 0.4) is 0 Å². The normalized spacial score (nSPS) is 10.2. The van der Waals surface area contributed by atoms with Gasteiger partial charge < -0.3 is 5.73 Å². The van der Waals surface area contributed by atoms with Crippen LogP contribution in [-0.4, -0.2) is 5.91 Å². The predicted octanol–water partition coefficient (Wildman–Crippen LogP) is 2.68. The second kappa shape index (κ2) is 4.83. The van der Waals surface area contributed by atoms with Gasteiger partial charge in [0, 0.05) is 5.56 Å². The molecule has 0 aliphatic carbocycles. The van der Waals surface area contributed by atoms with Crippen molar-refractivity contribution in [2.45, 2.75) is 13.3 Å². The Kier molecular flexibility index (Phi) is 3.24. The molecule has 2 N–H and O–H groups in total. The molecule has 0 saturated heterocycles. The lowest BCUT2D eigenvalue weighted by atomic mass is 9.98. The van der Waals surface area contributed by atoms with Gasteiger partial charge in [0.2, 0.25) is 5.91 Å². The Hall–Kier alpha value is -2.09. The highest BCUT2D eigenvalue weighted by Gasteiger charge is 2.08. The van der Waals surface area contributed by atoms with Gasteiger partial charge in [0.25, 0.3) is 0 Å². The van der Waals surface area contributed by atoms with Crippen LogP contribution in [0.15, 0.2) is 48.5 Å². The molecule has 0 aromatic heterocycles. The number of carbonyl (C=O) groups excluding carboxylic acids is 1. The molecule has 86 valence electrons. The topological polar surface area (TPSA) is 43.1 Å². The van der Waals surface area contributed by atoms with Crippen LogP contribution in [0.5, 0.6) is 0 Å². The number of benzene rings is 2. The Balaban J connectivity index is 2.36. The van der Waals surface area contributed by atoms with Crippen molar-refractivity contribution >= 4 is 5.91 Å². The first-order valence-electron chi connectivity index (χ1n) is 5.60.